The molecule has 1 nitrogen and oxygen atoms in total. The lowest BCUT2D eigenvalue weighted by atomic mass is 9.86. The normalized spacial score (nSPS) is 45.4. The second-order valence-corrected chi connectivity index (χ2v) is 8.15. The summed E-state index contributed by atoms with van der Waals surface area (Å²) in [6.07, 6.45) is 0. The Morgan fingerprint density at radius 2 is 1.27 bits per heavy atom. The monoisotopic (exact) mass is 210 g/mol. The van der Waals surface area contributed by atoms with E-state index in [4.69, 9.17) is 0 Å². The topological polar surface area (TPSA) is 0 Å². The molecule has 0 amide bonds. The zero-order valence-corrected chi connectivity index (χ0v) is 11.6. The molecule has 2 atom stereocenters. The number of nitrogens with zero attached hydrogens (tertiary/aromatic N) is 1. The molecule has 88 valence electrons. The van der Waals surface area contributed by atoms with Gasteiger partial charge in [0.2, 0.25) is 0 Å². The largest absolute Gasteiger partial charge is 0.321 e. The lowest BCUT2D eigenvalue weighted by Gasteiger charge is -2.45. The Morgan fingerprint density at radius 1 is 0.867 bits per heavy atom. The molecular weight excluding hydrogens is 182 g/mol. The van der Waals surface area contributed by atoms with Gasteiger partial charge in [-0.1, -0.05) is 20.8 Å². The molecule has 1 saturated heterocycles. The van der Waals surface area contributed by atoms with Gasteiger partial charge in [-0.05, 0) is 32.1 Å². The molecule has 1 aliphatic carbocycles. The summed E-state index contributed by atoms with van der Waals surface area (Å²) < 4.78 is 1.29. The quantitative estimate of drug-likeness (QED) is 0.539. The van der Waals surface area contributed by atoms with Crippen molar-refractivity contribution >= 4 is 0 Å². The maximum absolute atomic E-state index is 2.45. The first-order chi connectivity index (χ1) is 6.56. The van der Waals surface area contributed by atoms with Gasteiger partial charge in [-0.25, -0.2) is 0 Å². The molecular formula is C14H28N+. The molecule has 0 aromatic carbocycles. The van der Waals surface area contributed by atoms with Crippen LogP contribution in [0.2, 0.25) is 0 Å². The van der Waals surface area contributed by atoms with Gasteiger partial charge in [0.15, 0.2) is 0 Å². The maximum Gasteiger partial charge on any atom is 0.0905 e. The Kier molecular flexibility index (Phi) is 2.13. The molecule has 2 rings (SSSR count). The Morgan fingerprint density at radius 3 is 1.53 bits per heavy atom. The van der Waals surface area contributed by atoms with Gasteiger partial charge in [-0.2, -0.15) is 0 Å². The minimum absolute atomic E-state index is 0.426. The van der Waals surface area contributed by atoms with Gasteiger partial charge < -0.3 is 4.48 Å². The first-order valence-electron chi connectivity index (χ1n) is 6.41. The highest BCUT2D eigenvalue weighted by molar-refractivity contribution is 5.06. The molecule has 15 heavy (non-hydrogen) atoms. The summed E-state index contributed by atoms with van der Waals surface area (Å²) in [5, 5.41) is 0. The first-order valence-corrected chi connectivity index (χ1v) is 6.41. The molecule has 1 heteroatoms. The van der Waals surface area contributed by atoms with Gasteiger partial charge >= 0.3 is 0 Å². The van der Waals surface area contributed by atoms with Gasteiger partial charge in [0.05, 0.1) is 25.7 Å². The second-order valence-electron chi connectivity index (χ2n) is 8.15. The van der Waals surface area contributed by atoms with Crippen LogP contribution in [0.3, 0.4) is 0 Å². The van der Waals surface area contributed by atoms with E-state index in [2.05, 4.69) is 48.6 Å². The highest BCUT2D eigenvalue weighted by Crippen LogP contribution is 2.62. The third-order valence-electron chi connectivity index (χ3n) is 5.18. The van der Waals surface area contributed by atoms with Crippen molar-refractivity contribution in [1.29, 1.82) is 0 Å². The molecule has 0 aromatic rings. The van der Waals surface area contributed by atoms with E-state index in [1.807, 2.05) is 0 Å². The molecule has 1 saturated carbocycles. The number of likely N-dealkylation sites (tertiary alicyclic amines) is 1. The fourth-order valence-electron chi connectivity index (χ4n) is 3.78. The summed E-state index contributed by atoms with van der Waals surface area (Å²) in [5.74, 6) is 3.05. The summed E-state index contributed by atoms with van der Waals surface area (Å²) in [4.78, 5) is 0. The molecule has 2 aliphatic rings. The van der Waals surface area contributed by atoms with Gasteiger partial charge in [0.1, 0.15) is 0 Å². The number of rotatable bonds is 0. The number of quaternary nitrogens is 1. The van der Waals surface area contributed by atoms with E-state index in [-0.39, 0.29) is 0 Å². The van der Waals surface area contributed by atoms with E-state index in [0.717, 1.165) is 17.8 Å². The molecule has 0 N–H and O–H groups in total. The lowest BCUT2D eigenvalue weighted by Crippen LogP contribution is -2.57. The summed E-state index contributed by atoms with van der Waals surface area (Å²) in [6.45, 7) is 17.2. The average Bonchev–Trinajstić information content (AvgIpc) is 2.49. The van der Waals surface area contributed by atoms with Crippen molar-refractivity contribution in [3.8, 4) is 0 Å². The van der Waals surface area contributed by atoms with Gasteiger partial charge in [-0.15, -0.1) is 0 Å². The molecule has 0 radical (unpaired) electrons. The molecule has 2 fully saturated rings. The van der Waals surface area contributed by atoms with E-state index in [1.165, 1.54) is 17.6 Å². The predicted octanol–water partition coefficient (Wildman–Crippen LogP) is 3.15. The Hall–Kier alpha value is -0.0400. The second kappa shape index (κ2) is 2.80. The van der Waals surface area contributed by atoms with Crippen LogP contribution in [0.1, 0.15) is 41.5 Å². The van der Waals surface area contributed by atoms with Crippen molar-refractivity contribution in [2.75, 3.05) is 20.1 Å². The molecule has 0 spiro atoms. The summed E-state index contributed by atoms with van der Waals surface area (Å²) in [6, 6.07) is 0. The fourth-order valence-corrected chi connectivity index (χ4v) is 3.78. The van der Waals surface area contributed by atoms with Crippen molar-refractivity contribution in [3.05, 3.63) is 0 Å². The number of piperidine rings is 1. The maximum atomic E-state index is 2.45. The van der Waals surface area contributed by atoms with E-state index in [9.17, 15) is 0 Å². The van der Waals surface area contributed by atoms with Crippen molar-refractivity contribution in [1.82, 2.24) is 0 Å². The highest BCUT2D eigenvalue weighted by atomic mass is 15.4. The van der Waals surface area contributed by atoms with Crippen LogP contribution in [0, 0.1) is 23.2 Å². The van der Waals surface area contributed by atoms with Crippen LogP contribution in [-0.2, 0) is 0 Å². The standard InChI is InChI=1S/C14H28N/c1-13(2,3)12-10-8-15(7,9-11(10)12)14(4,5)6/h10-12H,8-9H2,1-7H3/q+1. The van der Waals surface area contributed by atoms with E-state index in [1.54, 1.807) is 0 Å². The van der Waals surface area contributed by atoms with Crippen LogP contribution in [-0.4, -0.2) is 30.2 Å². The minimum atomic E-state index is 0.426. The fraction of sp³-hybridized carbons (Fsp3) is 1.00. The number of fused-ring (bicyclic) bond motifs is 1. The van der Waals surface area contributed by atoms with Crippen LogP contribution in [0.4, 0.5) is 0 Å². The third-order valence-corrected chi connectivity index (χ3v) is 5.18. The Bertz CT molecular complexity index is 254. The lowest BCUT2D eigenvalue weighted by molar-refractivity contribution is -0.947. The summed E-state index contributed by atoms with van der Waals surface area (Å²) >= 11 is 0. The van der Waals surface area contributed by atoms with Gasteiger partial charge in [-0.3, -0.25) is 0 Å². The Balaban J connectivity index is 2.05. The third kappa shape index (κ3) is 1.63. The van der Waals surface area contributed by atoms with Crippen LogP contribution < -0.4 is 0 Å². The highest BCUT2D eigenvalue weighted by Gasteiger charge is 2.66. The molecule has 0 bridgehead atoms. The zero-order valence-electron chi connectivity index (χ0n) is 11.6. The van der Waals surface area contributed by atoms with Crippen molar-refractivity contribution < 1.29 is 4.48 Å². The zero-order chi connectivity index (χ0) is 11.6. The first kappa shape index (κ1) is 11.4. The van der Waals surface area contributed by atoms with Crippen LogP contribution in [0.15, 0.2) is 0 Å². The Labute approximate surface area is 95.4 Å². The summed E-state index contributed by atoms with van der Waals surface area (Å²) in [5.41, 5.74) is 0.967. The molecule has 1 heterocycles. The van der Waals surface area contributed by atoms with Crippen molar-refractivity contribution in [2.45, 2.75) is 47.1 Å². The number of hydrogen-bond donors (Lipinski definition) is 0. The van der Waals surface area contributed by atoms with E-state index >= 15 is 0 Å². The molecule has 1 aliphatic heterocycles. The van der Waals surface area contributed by atoms with Crippen LogP contribution >= 0.6 is 0 Å². The van der Waals surface area contributed by atoms with E-state index in [0.29, 0.717) is 11.0 Å². The SMILES string of the molecule is CC(C)(C)C1C2C[N+](C)(C(C)(C)C)CC21. The average molecular weight is 210 g/mol. The van der Waals surface area contributed by atoms with Crippen molar-refractivity contribution in [2.24, 2.45) is 23.2 Å². The number of hydrogen-bond acceptors (Lipinski definition) is 0. The smallest absolute Gasteiger partial charge is 0.0905 e. The van der Waals surface area contributed by atoms with Crippen LogP contribution in [0.25, 0.3) is 0 Å². The van der Waals surface area contributed by atoms with Gasteiger partial charge in [0.25, 0.3) is 0 Å². The predicted molar refractivity (Wildman–Crippen MR) is 65.6 cm³/mol. The minimum Gasteiger partial charge on any atom is -0.321 e. The van der Waals surface area contributed by atoms with E-state index < -0.39 is 0 Å². The molecule has 2 unspecified atom stereocenters. The van der Waals surface area contributed by atoms with Gasteiger partial charge in [0, 0.05) is 11.8 Å². The summed E-state index contributed by atoms with van der Waals surface area (Å²) in [7, 11) is 2.45. The van der Waals surface area contributed by atoms with Crippen molar-refractivity contribution in [3.63, 3.8) is 0 Å². The molecule has 0 aromatic heterocycles. The van der Waals surface area contributed by atoms with Crippen LogP contribution in [0.5, 0.6) is 0 Å².